The Balaban J connectivity index is 1.45. The van der Waals surface area contributed by atoms with E-state index >= 15 is 0 Å². The van der Waals surface area contributed by atoms with Gasteiger partial charge in [-0.3, -0.25) is 18.1 Å². The summed E-state index contributed by atoms with van der Waals surface area (Å²) in [4.78, 5) is 31.5. The molecule has 228 valence electrons. The summed E-state index contributed by atoms with van der Waals surface area (Å²) >= 11 is 2.32. The molecule has 2 heterocycles. The van der Waals surface area contributed by atoms with Gasteiger partial charge in [-0.1, -0.05) is 42.5 Å². The number of piperidine rings is 1. The number of carbonyl (C=O) groups is 2. The zero-order chi connectivity index (χ0) is 30.7. The third-order valence-electron chi connectivity index (χ3n) is 8.23. The fourth-order valence-electron chi connectivity index (χ4n) is 5.97. The highest BCUT2D eigenvalue weighted by Gasteiger charge is 2.43. The lowest BCUT2D eigenvalue weighted by atomic mass is 10.0. The monoisotopic (exact) mass is 623 g/mol. The van der Waals surface area contributed by atoms with Gasteiger partial charge in [0, 0.05) is 48.6 Å². The SMILES string of the molecule is COc1cc2ccc(N(C3CCN(C(Cc4ccc(C(N)=S)cc4)C(=O)N4CCCCC4)C3=O)S(=O)[O-])cc2cc1OC. The lowest BCUT2D eigenvalue weighted by Crippen LogP contribution is -2.53. The van der Waals surface area contributed by atoms with Crippen LogP contribution in [0.3, 0.4) is 0 Å². The van der Waals surface area contributed by atoms with Gasteiger partial charge in [0.05, 0.1) is 14.2 Å². The van der Waals surface area contributed by atoms with E-state index in [-0.39, 0.29) is 23.9 Å². The molecule has 2 aliphatic rings. The van der Waals surface area contributed by atoms with Gasteiger partial charge in [-0.05, 0) is 66.3 Å². The minimum absolute atomic E-state index is 0.117. The van der Waals surface area contributed by atoms with E-state index in [1.807, 2.05) is 23.1 Å². The second kappa shape index (κ2) is 13.3. The van der Waals surface area contributed by atoms with E-state index in [1.54, 1.807) is 48.4 Å². The highest BCUT2D eigenvalue weighted by atomic mass is 32.2. The number of nitrogens with two attached hydrogens (primary N) is 1. The molecule has 12 heteroatoms. The van der Waals surface area contributed by atoms with Gasteiger partial charge < -0.3 is 29.6 Å². The quantitative estimate of drug-likeness (QED) is 0.269. The highest BCUT2D eigenvalue weighted by molar-refractivity contribution is 7.81. The number of likely N-dealkylation sites (tertiary alicyclic amines) is 2. The molecule has 3 aromatic rings. The largest absolute Gasteiger partial charge is 0.755 e. The predicted molar refractivity (Wildman–Crippen MR) is 169 cm³/mol. The molecule has 2 N–H and O–H groups in total. The number of benzene rings is 3. The van der Waals surface area contributed by atoms with Gasteiger partial charge in [0.2, 0.25) is 11.8 Å². The fraction of sp³-hybridized carbons (Fsp3) is 0.387. The van der Waals surface area contributed by atoms with Gasteiger partial charge in [-0.15, -0.1) is 0 Å². The van der Waals surface area contributed by atoms with Crippen molar-refractivity contribution in [3.05, 3.63) is 65.7 Å². The topological polar surface area (TPSA) is 128 Å². The number of nitrogens with zero attached hydrogens (tertiary/aromatic N) is 3. The summed E-state index contributed by atoms with van der Waals surface area (Å²) in [7, 11) is 3.08. The number of hydrogen-bond acceptors (Lipinski definition) is 7. The zero-order valence-corrected chi connectivity index (χ0v) is 25.8. The van der Waals surface area contributed by atoms with E-state index < -0.39 is 29.3 Å². The van der Waals surface area contributed by atoms with Crippen molar-refractivity contribution in [2.24, 2.45) is 5.73 Å². The van der Waals surface area contributed by atoms with Crippen molar-refractivity contribution in [3.63, 3.8) is 0 Å². The molecule has 10 nitrogen and oxygen atoms in total. The third kappa shape index (κ3) is 6.46. The molecule has 3 unspecified atom stereocenters. The number of rotatable bonds is 10. The first-order valence-corrected chi connectivity index (χ1v) is 15.7. The Morgan fingerprint density at radius 3 is 2.28 bits per heavy atom. The van der Waals surface area contributed by atoms with Gasteiger partial charge in [0.15, 0.2) is 11.5 Å². The molecule has 43 heavy (non-hydrogen) atoms. The van der Waals surface area contributed by atoms with E-state index in [0.717, 1.165) is 45.5 Å². The lowest BCUT2D eigenvalue weighted by molar-refractivity contribution is -0.144. The van der Waals surface area contributed by atoms with E-state index in [1.165, 1.54) is 7.11 Å². The summed E-state index contributed by atoms with van der Waals surface area (Å²) in [5.41, 5.74) is 7.68. The first kappa shape index (κ1) is 30.7. The molecule has 0 bridgehead atoms. The number of thiocarbonyl (C=S) groups is 1. The van der Waals surface area contributed by atoms with Crippen molar-refractivity contribution in [1.29, 1.82) is 0 Å². The van der Waals surface area contributed by atoms with Crippen molar-refractivity contribution in [2.45, 2.75) is 44.2 Å². The molecule has 3 atom stereocenters. The molecule has 0 aromatic heterocycles. The summed E-state index contributed by atoms with van der Waals surface area (Å²) in [6, 6.07) is 14.3. The van der Waals surface area contributed by atoms with Crippen LogP contribution >= 0.6 is 12.2 Å². The lowest BCUT2D eigenvalue weighted by Gasteiger charge is -2.36. The number of carbonyl (C=O) groups excluding carboxylic acids is 2. The van der Waals surface area contributed by atoms with E-state index in [2.05, 4.69) is 0 Å². The normalized spacial score (nSPS) is 18.4. The summed E-state index contributed by atoms with van der Waals surface area (Å²) in [6.45, 7) is 1.54. The summed E-state index contributed by atoms with van der Waals surface area (Å²) in [6.07, 6.45) is 3.44. The Bertz CT molecular complexity index is 1540. The summed E-state index contributed by atoms with van der Waals surface area (Å²) < 4.78 is 37.2. The van der Waals surface area contributed by atoms with E-state index in [4.69, 9.17) is 27.4 Å². The van der Waals surface area contributed by atoms with Crippen LogP contribution in [-0.4, -0.2) is 81.3 Å². The first-order chi connectivity index (χ1) is 20.7. The van der Waals surface area contributed by atoms with Crippen molar-refractivity contribution in [2.75, 3.05) is 38.2 Å². The molecule has 2 aliphatic heterocycles. The predicted octanol–water partition coefficient (Wildman–Crippen LogP) is 3.32. The van der Waals surface area contributed by atoms with Crippen LogP contribution in [0.15, 0.2) is 54.6 Å². The Hall–Kier alpha value is -3.74. The van der Waals surface area contributed by atoms with E-state index in [0.29, 0.717) is 36.7 Å². The molecule has 0 spiro atoms. The molecular weight excluding hydrogens is 588 g/mol. The standard InChI is InChI=1S/C31H36N4O6S2/c1-40-27-18-22-10-11-24(17-23(22)19-28(27)41-2)35(43(38)39)25-12-15-34(31(25)37)26(30(36)33-13-4-3-5-14-33)16-20-6-8-21(9-7-20)29(32)42/h6-11,17-19,25-26H,3-5,12-16H2,1-2H3,(H2,32,42)(H,38,39)/p-1. The van der Waals surface area contributed by atoms with Crippen LogP contribution in [0.5, 0.6) is 11.5 Å². The Morgan fingerprint density at radius 2 is 1.67 bits per heavy atom. The van der Waals surface area contributed by atoms with Crippen molar-refractivity contribution in [1.82, 2.24) is 9.80 Å². The third-order valence-corrected chi connectivity index (χ3v) is 9.25. The second-order valence-corrected chi connectivity index (χ2v) is 12.1. The van der Waals surface area contributed by atoms with Crippen LogP contribution in [0.25, 0.3) is 10.8 Å². The number of ether oxygens (including phenoxy) is 2. The Kier molecular flexibility index (Phi) is 9.48. The molecule has 0 radical (unpaired) electrons. The molecule has 2 amide bonds. The summed E-state index contributed by atoms with van der Waals surface area (Å²) in [5, 5.41) is 1.55. The molecule has 0 saturated carbocycles. The van der Waals surface area contributed by atoms with Gasteiger partial charge in [-0.25, -0.2) is 0 Å². The number of amides is 2. The first-order valence-electron chi connectivity index (χ1n) is 14.2. The maximum atomic E-state index is 14.0. The fourth-order valence-corrected chi connectivity index (χ4v) is 6.79. The smallest absolute Gasteiger partial charge is 0.247 e. The van der Waals surface area contributed by atoms with Crippen molar-refractivity contribution < 1.29 is 27.8 Å². The number of anilines is 1. The highest BCUT2D eigenvalue weighted by Crippen LogP contribution is 2.35. The average Bonchev–Trinajstić information content (AvgIpc) is 3.39. The second-order valence-electron chi connectivity index (χ2n) is 10.8. The van der Waals surface area contributed by atoms with Crippen LogP contribution in [0, 0.1) is 0 Å². The number of hydrogen-bond donors (Lipinski definition) is 1. The van der Waals surface area contributed by atoms with E-state index in [9.17, 15) is 18.4 Å². The maximum absolute atomic E-state index is 14.0. The van der Waals surface area contributed by atoms with Gasteiger partial charge in [0.25, 0.3) is 0 Å². The molecule has 2 saturated heterocycles. The average molecular weight is 624 g/mol. The molecular formula is C31H35N4O6S2-. The Morgan fingerprint density at radius 1 is 1.02 bits per heavy atom. The summed E-state index contributed by atoms with van der Waals surface area (Å²) in [5.74, 6) is 0.546. The van der Waals surface area contributed by atoms with Gasteiger partial charge in [-0.2, -0.15) is 0 Å². The molecule has 2 fully saturated rings. The van der Waals surface area contributed by atoms with Crippen LogP contribution in [-0.2, 0) is 27.3 Å². The molecule has 3 aromatic carbocycles. The molecule has 5 rings (SSSR count). The Labute approximate surface area is 259 Å². The van der Waals surface area contributed by atoms with Crippen LogP contribution in [0.2, 0.25) is 0 Å². The van der Waals surface area contributed by atoms with Crippen LogP contribution < -0.4 is 19.5 Å². The van der Waals surface area contributed by atoms with Gasteiger partial charge >= 0.3 is 0 Å². The van der Waals surface area contributed by atoms with Crippen molar-refractivity contribution in [3.8, 4) is 11.5 Å². The zero-order valence-electron chi connectivity index (χ0n) is 24.2. The number of methoxy groups -OCH3 is 2. The van der Waals surface area contributed by atoms with Crippen LogP contribution in [0.1, 0.15) is 36.8 Å². The minimum Gasteiger partial charge on any atom is -0.755 e. The minimum atomic E-state index is -2.75. The maximum Gasteiger partial charge on any atom is 0.247 e. The molecule has 0 aliphatic carbocycles. The van der Waals surface area contributed by atoms with Gasteiger partial charge in [0.1, 0.15) is 17.1 Å². The van der Waals surface area contributed by atoms with Crippen molar-refractivity contribution >= 4 is 56.7 Å². The van der Waals surface area contributed by atoms with Crippen LogP contribution in [0.4, 0.5) is 5.69 Å². The number of fused-ring (bicyclic) bond motifs is 1.